The number of benzene rings is 1. The number of nitrogens with zero attached hydrogens (tertiary/aromatic N) is 5. The molecule has 0 saturated carbocycles. The maximum Gasteiger partial charge on any atom is 0.282 e. The van der Waals surface area contributed by atoms with Crippen LogP contribution in [0.3, 0.4) is 0 Å². The van der Waals surface area contributed by atoms with Gasteiger partial charge in [-0.05, 0) is 45.0 Å². The molecule has 0 bridgehead atoms. The summed E-state index contributed by atoms with van der Waals surface area (Å²) in [6, 6.07) is 7.88. The van der Waals surface area contributed by atoms with E-state index >= 15 is 0 Å². The molecule has 0 fully saturated rings. The van der Waals surface area contributed by atoms with Gasteiger partial charge >= 0.3 is 0 Å². The van der Waals surface area contributed by atoms with Gasteiger partial charge in [0.05, 0.1) is 29.2 Å². The van der Waals surface area contributed by atoms with E-state index in [0.717, 1.165) is 17.1 Å². The van der Waals surface area contributed by atoms with Crippen molar-refractivity contribution in [3.63, 3.8) is 0 Å². The Bertz CT molecular complexity index is 1110. The standard InChI is InChI=1S/C20H20ClN5O3/c1-20(2,3)25-18(23-8-4-5-9-23)15-11-24(12-16(15)22-25)19(27)14-10-13(21)6-7-17(14)26(28)29/h4-10H,11-12H2,1-3H3. The molecule has 0 saturated heterocycles. The first-order valence-electron chi connectivity index (χ1n) is 9.14. The Morgan fingerprint density at radius 1 is 1.21 bits per heavy atom. The molecule has 1 amide bonds. The van der Waals surface area contributed by atoms with Gasteiger partial charge in [-0.25, -0.2) is 4.68 Å². The second kappa shape index (κ2) is 6.73. The fraction of sp³-hybridized carbons (Fsp3) is 0.300. The van der Waals surface area contributed by atoms with Crippen LogP contribution in [-0.2, 0) is 18.6 Å². The van der Waals surface area contributed by atoms with Crippen LogP contribution in [0.2, 0.25) is 5.02 Å². The summed E-state index contributed by atoms with van der Waals surface area (Å²) in [6.07, 6.45) is 3.87. The minimum Gasteiger partial charge on any atom is -0.328 e. The van der Waals surface area contributed by atoms with Crippen LogP contribution in [0.25, 0.3) is 5.82 Å². The quantitative estimate of drug-likeness (QED) is 0.476. The maximum absolute atomic E-state index is 13.1. The highest BCUT2D eigenvalue weighted by molar-refractivity contribution is 6.31. The van der Waals surface area contributed by atoms with Gasteiger partial charge in [0.15, 0.2) is 0 Å². The van der Waals surface area contributed by atoms with Crippen LogP contribution in [-0.4, -0.2) is 30.1 Å². The maximum atomic E-state index is 13.1. The number of hydrogen-bond donors (Lipinski definition) is 0. The van der Waals surface area contributed by atoms with Crippen molar-refractivity contribution in [2.45, 2.75) is 39.4 Å². The zero-order chi connectivity index (χ0) is 20.9. The molecule has 3 aromatic rings. The number of amides is 1. The number of rotatable bonds is 3. The zero-order valence-electron chi connectivity index (χ0n) is 16.3. The Balaban J connectivity index is 1.73. The van der Waals surface area contributed by atoms with Crippen molar-refractivity contribution in [2.75, 3.05) is 0 Å². The first kappa shape index (κ1) is 19.2. The third kappa shape index (κ3) is 3.29. The monoisotopic (exact) mass is 413 g/mol. The highest BCUT2D eigenvalue weighted by atomic mass is 35.5. The number of aromatic nitrogens is 3. The number of fused-ring (bicyclic) bond motifs is 1. The van der Waals surface area contributed by atoms with Crippen LogP contribution >= 0.6 is 11.6 Å². The molecule has 1 aromatic carbocycles. The Morgan fingerprint density at radius 3 is 2.52 bits per heavy atom. The van der Waals surface area contributed by atoms with E-state index in [4.69, 9.17) is 16.7 Å². The number of carbonyl (C=O) groups excluding carboxylic acids is 1. The van der Waals surface area contributed by atoms with Gasteiger partial charge in [-0.2, -0.15) is 5.10 Å². The fourth-order valence-corrected chi connectivity index (χ4v) is 3.74. The van der Waals surface area contributed by atoms with Crippen molar-refractivity contribution in [3.8, 4) is 5.82 Å². The predicted octanol–water partition coefficient (Wildman–Crippen LogP) is 4.15. The second-order valence-corrected chi connectivity index (χ2v) is 8.44. The van der Waals surface area contributed by atoms with Gasteiger partial charge in [0.1, 0.15) is 11.4 Å². The molecule has 1 aliphatic rings. The van der Waals surface area contributed by atoms with Crippen molar-refractivity contribution in [1.82, 2.24) is 19.2 Å². The molecule has 0 atom stereocenters. The Hall–Kier alpha value is -3.13. The van der Waals surface area contributed by atoms with E-state index in [9.17, 15) is 14.9 Å². The summed E-state index contributed by atoms with van der Waals surface area (Å²) in [4.78, 5) is 25.5. The number of halogens is 1. The van der Waals surface area contributed by atoms with E-state index in [1.54, 1.807) is 4.90 Å². The molecule has 2 aromatic heterocycles. The summed E-state index contributed by atoms with van der Waals surface area (Å²) in [5, 5.41) is 16.4. The van der Waals surface area contributed by atoms with Gasteiger partial charge in [-0.3, -0.25) is 14.9 Å². The van der Waals surface area contributed by atoms with E-state index < -0.39 is 10.8 Å². The summed E-state index contributed by atoms with van der Waals surface area (Å²) in [5.74, 6) is 0.464. The largest absolute Gasteiger partial charge is 0.328 e. The normalized spacial score (nSPS) is 13.6. The van der Waals surface area contributed by atoms with E-state index in [0.29, 0.717) is 6.54 Å². The summed E-state index contributed by atoms with van der Waals surface area (Å²) in [7, 11) is 0. The van der Waals surface area contributed by atoms with Crippen molar-refractivity contribution in [1.29, 1.82) is 0 Å². The summed E-state index contributed by atoms with van der Waals surface area (Å²) >= 11 is 5.99. The molecule has 29 heavy (non-hydrogen) atoms. The van der Waals surface area contributed by atoms with Gasteiger partial charge in [-0.15, -0.1) is 0 Å². The smallest absolute Gasteiger partial charge is 0.282 e. The molecule has 1 aliphatic heterocycles. The number of nitro benzene ring substituents is 1. The van der Waals surface area contributed by atoms with Crippen LogP contribution in [0.4, 0.5) is 5.69 Å². The van der Waals surface area contributed by atoms with E-state index in [-0.39, 0.29) is 28.4 Å². The molecular formula is C20H20ClN5O3. The second-order valence-electron chi connectivity index (χ2n) is 8.00. The van der Waals surface area contributed by atoms with Crippen LogP contribution in [0.15, 0.2) is 42.7 Å². The van der Waals surface area contributed by atoms with Crippen molar-refractivity contribution in [3.05, 3.63) is 74.7 Å². The third-order valence-corrected chi connectivity index (χ3v) is 5.12. The van der Waals surface area contributed by atoms with Gasteiger partial charge in [0.25, 0.3) is 11.6 Å². The molecule has 0 spiro atoms. The minimum absolute atomic E-state index is 0.0149. The molecule has 0 unspecified atom stereocenters. The molecule has 4 rings (SSSR count). The van der Waals surface area contributed by atoms with E-state index in [2.05, 4.69) is 20.8 Å². The lowest BCUT2D eigenvalue weighted by Crippen LogP contribution is -2.30. The lowest BCUT2D eigenvalue weighted by atomic mass is 10.1. The Kier molecular flexibility index (Phi) is 4.46. The first-order valence-corrected chi connectivity index (χ1v) is 9.52. The van der Waals surface area contributed by atoms with Crippen molar-refractivity contribution in [2.24, 2.45) is 0 Å². The highest BCUT2D eigenvalue weighted by Crippen LogP contribution is 2.34. The lowest BCUT2D eigenvalue weighted by Gasteiger charge is -2.24. The molecule has 9 heteroatoms. The minimum atomic E-state index is -0.566. The summed E-state index contributed by atoms with van der Waals surface area (Å²) < 4.78 is 3.94. The molecule has 150 valence electrons. The molecule has 0 N–H and O–H groups in total. The average molecular weight is 414 g/mol. The summed E-state index contributed by atoms with van der Waals surface area (Å²) in [5.41, 5.74) is 1.22. The SMILES string of the molecule is CC(C)(C)n1nc2c(c1-n1cccc1)CN(C(=O)c1cc(Cl)ccc1[N+](=O)[O-])C2. The molecule has 8 nitrogen and oxygen atoms in total. The van der Waals surface area contributed by atoms with Gasteiger partial charge in [0, 0.05) is 29.0 Å². The van der Waals surface area contributed by atoms with Crippen LogP contribution in [0.5, 0.6) is 0 Å². The number of carbonyl (C=O) groups is 1. The van der Waals surface area contributed by atoms with Crippen LogP contribution in [0.1, 0.15) is 42.4 Å². The van der Waals surface area contributed by atoms with E-state index in [1.807, 2.05) is 33.8 Å². The topological polar surface area (TPSA) is 86.2 Å². The van der Waals surface area contributed by atoms with Crippen LogP contribution in [0, 0.1) is 10.1 Å². The number of nitro groups is 1. The third-order valence-electron chi connectivity index (χ3n) is 4.89. The lowest BCUT2D eigenvalue weighted by molar-refractivity contribution is -0.385. The van der Waals surface area contributed by atoms with E-state index in [1.165, 1.54) is 18.2 Å². The first-order chi connectivity index (χ1) is 13.7. The fourth-order valence-electron chi connectivity index (χ4n) is 3.56. The van der Waals surface area contributed by atoms with Crippen LogP contribution < -0.4 is 0 Å². The predicted molar refractivity (Wildman–Crippen MR) is 108 cm³/mol. The number of hydrogen-bond acceptors (Lipinski definition) is 4. The average Bonchev–Trinajstić information content (AvgIpc) is 3.35. The van der Waals surface area contributed by atoms with Crippen molar-refractivity contribution < 1.29 is 9.72 Å². The molecule has 0 aliphatic carbocycles. The molecule has 0 radical (unpaired) electrons. The Morgan fingerprint density at radius 2 is 1.90 bits per heavy atom. The Labute approximate surface area is 172 Å². The molecule has 3 heterocycles. The molecular weight excluding hydrogens is 394 g/mol. The van der Waals surface area contributed by atoms with Gasteiger partial charge < -0.3 is 9.47 Å². The van der Waals surface area contributed by atoms with Gasteiger partial charge in [0.2, 0.25) is 0 Å². The zero-order valence-corrected chi connectivity index (χ0v) is 17.1. The van der Waals surface area contributed by atoms with Crippen molar-refractivity contribution >= 4 is 23.2 Å². The van der Waals surface area contributed by atoms with Gasteiger partial charge in [-0.1, -0.05) is 11.6 Å². The highest BCUT2D eigenvalue weighted by Gasteiger charge is 2.35. The summed E-state index contributed by atoms with van der Waals surface area (Å²) in [6.45, 7) is 6.82.